The van der Waals surface area contributed by atoms with E-state index < -0.39 is 20.0 Å². The maximum Gasteiger partial charge on any atom is 0.306 e. The zero-order chi connectivity index (χ0) is 66.3. The number of hydrogen-bond donors (Lipinski definition) is 1. The Labute approximate surface area is 565 Å². The zero-order valence-corrected chi connectivity index (χ0v) is 61.9. The Morgan fingerprint density at radius 3 is 1.02 bits per heavy atom. The Balaban J connectivity index is 4.97. The lowest BCUT2D eigenvalue weighted by Crippen LogP contribution is -2.47. The van der Waals surface area contributed by atoms with Crippen LogP contribution >= 0.6 is 7.82 Å². The van der Waals surface area contributed by atoms with Gasteiger partial charge in [0.1, 0.15) is 19.3 Å². The Morgan fingerprint density at radius 2 is 0.670 bits per heavy atom. The van der Waals surface area contributed by atoms with E-state index in [1.165, 1.54) is 270 Å². The number of nitrogens with zero attached hydrogens (tertiary/aromatic N) is 1. The van der Waals surface area contributed by atoms with Crippen LogP contribution in [0.1, 0.15) is 380 Å². The molecule has 0 spiro atoms. The summed E-state index contributed by atoms with van der Waals surface area (Å²) >= 11 is 0. The number of nitrogens with one attached hydrogen (secondary N) is 1. The molecule has 91 heavy (non-hydrogen) atoms. The molecular formula is C81H151N2O7P. The third kappa shape index (κ3) is 71.6. The molecule has 0 aliphatic rings. The van der Waals surface area contributed by atoms with Gasteiger partial charge in [-0.05, 0) is 102 Å². The first-order valence-electron chi connectivity index (χ1n) is 39.2. The smallest absolute Gasteiger partial charge is 0.306 e. The number of amides is 1. The fourth-order valence-corrected chi connectivity index (χ4v) is 12.3. The number of carbonyl (C=O) groups excluding carboxylic acids is 2. The Morgan fingerprint density at radius 1 is 0.385 bits per heavy atom. The van der Waals surface area contributed by atoms with Crippen molar-refractivity contribution in [3.05, 3.63) is 72.9 Å². The molecule has 0 rings (SSSR count). The lowest BCUT2D eigenvalue weighted by atomic mass is 10.0. The van der Waals surface area contributed by atoms with E-state index >= 15 is 0 Å². The highest BCUT2D eigenvalue weighted by atomic mass is 31.2. The van der Waals surface area contributed by atoms with E-state index in [9.17, 15) is 19.0 Å². The summed E-state index contributed by atoms with van der Waals surface area (Å²) < 4.78 is 30.6. The number of phosphoric ester groups is 1. The third-order valence-corrected chi connectivity index (χ3v) is 18.6. The quantitative estimate of drug-likeness (QED) is 0.0212. The largest absolute Gasteiger partial charge is 0.756 e. The minimum atomic E-state index is -4.71. The number of esters is 1. The van der Waals surface area contributed by atoms with Gasteiger partial charge in [-0.1, -0.05) is 338 Å². The van der Waals surface area contributed by atoms with Gasteiger partial charge in [0.15, 0.2) is 0 Å². The van der Waals surface area contributed by atoms with Gasteiger partial charge in [-0.3, -0.25) is 14.2 Å². The number of rotatable bonds is 72. The summed E-state index contributed by atoms with van der Waals surface area (Å²) in [5.41, 5.74) is 0. The summed E-state index contributed by atoms with van der Waals surface area (Å²) in [5, 5.41) is 3.06. The topological polar surface area (TPSA) is 114 Å². The molecule has 0 fully saturated rings. The molecule has 10 heteroatoms. The maximum absolute atomic E-state index is 13.7. The molecule has 0 aromatic heterocycles. The molecule has 3 unspecified atom stereocenters. The van der Waals surface area contributed by atoms with Gasteiger partial charge in [0.2, 0.25) is 5.91 Å². The number of phosphoric acid groups is 1. The molecule has 9 nitrogen and oxygen atoms in total. The highest BCUT2D eigenvalue weighted by molar-refractivity contribution is 7.45. The molecule has 0 saturated carbocycles. The number of carbonyl (C=O) groups is 2. The molecular weight excluding hydrogens is 1140 g/mol. The van der Waals surface area contributed by atoms with Crippen LogP contribution in [-0.2, 0) is 27.9 Å². The van der Waals surface area contributed by atoms with Gasteiger partial charge < -0.3 is 28.5 Å². The van der Waals surface area contributed by atoms with Gasteiger partial charge in [-0.2, -0.15) is 0 Å². The predicted molar refractivity (Wildman–Crippen MR) is 395 cm³/mol. The summed E-state index contributed by atoms with van der Waals surface area (Å²) in [6.07, 6.45) is 93.2. The number of allylic oxidation sites excluding steroid dienone is 11. The SMILES string of the molecule is CCCCC/C=C\C/C=C\C/C=C\CCCCCCCCCCCCCCC(=O)OC(/C=C/CCCCCCCCCCCCC)C(COP(=O)([O-])OCC[N+](C)(C)C)NC(=O)CCCCCCCCCCCCCCCCCCC/C=C\C/C=C\CCCCC. The first-order valence-corrected chi connectivity index (χ1v) is 40.7. The van der Waals surface area contributed by atoms with Crippen LogP contribution in [0.5, 0.6) is 0 Å². The van der Waals surface area contributed by atoms with Crippen molar-refractivity contribution in [1.29, 1.82) is 0 Å². The monoisotopic (exact) mass is 1300 g/mol. The summed E-state index contributed by atoms with van der Waals surface area (Å²) in [4.78, 5) is 40.3. The van der Waals surface area contributed by atoms with Gasteiger partial charge in [0.05, 0.1) is 33.8 Å². The molecule has 0 radical (unpaired) electrons. The summed E-state index contributed by atoms with van der Waals surface area (Å²) in [6, 6.07) is -0.892. The predicted octanol–water partition coefficient (Wildman–Crippen LogP) is 24.8. The summed E-state index contributed by atoms with van der Waals surface area (Å²) in [7, 11) is 1.20. The molecule has 0 aromatic carbocycles. The van der Waals surface area contributed by atoms with Gasteiger partial charge in [-0.25, -0.2) is 0 Å². The van der Waals surface area contributed by atoms with Crippen molar-refractivity contribution in [2.24, 2.45) is 0 Å². The van der Waals surface area contributed by atoms with E-state index in [1.807, 2.05) is 33.3 Å². The van der Waals surface area contributed by atoms with E-state index in [0.29, 0.717) is 17.4 Å². The summed E-state index contributed by atoms with van der Waals surface area (Å²) in [5.74, 6) is -0.527. The van der Waals surface area contributed by atoms with Gasteiger partial charge in [0, 0.05) is 12.8 Å². The van der Waals surface area contributed by atoms with Crippen molar-refractivity contribution in [2.45, 2.75) is 392 Å². The van der Waals surface area contributed by atoms with E-state index in [0.717, 1.165) is 77.0 Å². The van der Waals surface area contributed by atoms with Crippen LogP contribution in [-0.4, -0.2) is 69.4 Å². The molecule has 532 valence electrons. The second-order valence-corrected chi connectivity index (χ2v) is 29.3. The second kappa shape index (κ2) is 70.3. The van der Waals surface area contributed by atoms with Crippen molar-refractivity contribution in [3.63, 3.8) is 0 Å². The first kappa shape index (κ1) is 88.5. The van der Waals surface area contributed by atoms with Gasteiger partial charge >= 0.3 is 5.97 Å². The summed E-state index contributed by atoms with van der Waals surface area (Å²) in [6.45, 7) is 6.85. The highest BCUT2D eigenvalue weighted by Crippen LogP contribution is 2.38. The van der Waals surface area contributed by atoms with Crippen molar-refractivity contribution >= 4 is 19.7 Å². The normalized spacial score (nSPS) is 13.8. The molecule has 0 bridgehead atoms. The Bertz CT molecular complexity index is 1780. The molecule has 0 aliphatic carbocycles. The van der Waals surface area contributed by atoms with Crippen molar-refractivity contribution in [2.75, 3.05) is 40.9 Å². The third-order valence-electron chi connectivity index (χ3n) is 17.6. The number of ether oxygens (including phenoxy) is 1. The van der Waals surface area contributed by atoms with Crippen LogP contribution in [0.15, 0.2) is 72.9 Å². The minimum absolute atomic E-state index is 0.0224. The molecule has 0 aliphatic heterocycles. The van der Waals surface area contributed by atoms with Crippen LogP contribution in [0.4, 0.5) is 0 Å². The second-order valence-electron chi connectivity index (χ2n) is 27.9. The van der Waals surface area contributed by atoms with Crippen molar-refractivity contribution < 1.29 is 37.3 Å². The molecule has 0 aromatic rings. The average molecular weight is 1300 g/mol. The highest BCUT2D eigenvalue weighted by Gasteiger charge is 2.27. The first-order chi connectivity index (χ1) is 44.4. The maximum atomic E-state index is 13.7. The van der Waals surface area contributed by atoms with E-state index in [2.05, 4.69) is 86.8 Å². The lowest BCUT2D eigenvalue weighted by molar-refractivity contribution is -0.870. The molecule has 1 amide bonds. The molecule has 1 N–H and O–H groups in total. The van der Waals surface area contributed by atoms with Crippen molar-refractivity contribution in [1.82, 2.24) is 5.32 Å². The van der Waals surface area contributed by atoms with Gasteiger partial charge in [-0.15, -0.1) is 0 Å². The van der Waals surface area contributed by atoms with Crippen LogP contribution in [0.25, 0.3) is 0 Å². The number of unbranched alkanes of at least 4 members (excludes halogenated alkanes) is 46. The van der Waals surface area contributed by atoms with Gasteiger partial charge in [0.25, 0.3) is 7.82 Å². The van der Waals surface area contributed by atoms with Crippen LogP contribution < -0.4 is 10.2 Å². The van der Waals surface area contributed by atoms with E-state index in [1.54, 1.807) is 0 Å². The minimum Gasteiger partial charge on any atom is -0.756 e. The van der Waals surface area contributed by atoms with Crippen LogP contribution in [0.2, 0.25) is 0 Å². The Hall–Kier alpha value is -2.55. The van der Waals surface area contributed by atoms with Crippen molar-refractivity contribution in [3.8, 4) is 0 Å². The average Bonchev–Trinajstić information content (AvgIpc) is 3.70. The fraction of sp³-hybridized carbons (Fsp3) is 0.827. The van der Waals surface area contributed by atoms with E-state index in [-0.39, 0.29) is 31.5 Å². The molecule has 0 saturated heterocycles. The number of likely N-dealkylation sites (N-methyl/N-ethyl adjacent to an activating group) is 1. The lowest BCUT2D eigenvalue weighted by Gasteiger charge is -2.30. The molecule has 3 atom stereocenters. The van der Waals surface area contributed by atoms with Crippen LogP contribution in [0.3, 0.4) is 0 Å². The van der Waals surface area contributed by atoms with Crippen LogP contribution in [0, 0.1) is 0 Å². The Kier molecular flexibility index (Phi) is 68.3. The fourth-order valence-electron chi connectivity index (χ4n) is 11.6. The standard InChI is InChI=1S/C81H151N2O7P/c1-7-10-13-16-19-22-25-28-30-32-34-36-38-40-41-43-44-46-48-50-52-55-58-61-64-67-70-73-80(84)82-78(77-89-91(86,87)88-76-75-83(4,5)6)79(72-69-66-63-60-57-54-27-24-21-18-15-12-9-3)90-81(85)74-71-68-65-62-59-56-53-51-49-47-45-42-39-37-35-33-31-29-26-23-20-17-14-11-8-2/h19-20,22-23,28-31,35,37,69,72,78-79H,7-18,21,24-27,32-34,36,38-68,70-71,73-77H2,1-6H3,(H-,82,84,86,87)/b22-19-,23-20-,30-28-,31-29-,37-35-,72-69+. The molecule has 0 heterocycles. The zero-order valence-electron chi connectivity index (χ0n) is 61.1. The number of quaternary nitrogens is 1. The number of hydrogen-bond acceptors (Lipinski definition) is 7. The van der Waals surface area contributed by atoms with E-state index in [4.69, 9.17) is 13.8 Å².